The molecule has 104 valence electrons. The van der Waals surface area contributed by atoms with Crippen LogP contribution in [0.5, 0.6) is 0 Å². The van der Waals surface area contributed by atoms with Crippen LogP contribution in [-0.4, -0.2) is 25.5 Å². The van der Waals surface area contributed by atoms with Gasteiger partial charge < -0.3 is 9.52 Å². The summed E-state index contributed by atoms with van der Waals surface area (Å²) in [5, 5.41) is 8.74. The highest BCUT2D eigenvalue weighted by atomic mass is 79.9. The van der Waals surface area contributed by atoms with Crippen molar-refractivity contribution in [1.29, 1.82) is 0 Å². The fraction of sp³-hybridized carbons (Fsp3) is 0.364. The second-order valence-corrected chi connectivity index (χ2v) is 6.09. The lowest BCUT2D eigenvalue weighted by atomic mass is 10.2. The Balaban J connectivity index is 3.07. The largest absolute Gasteiger partial charge is 0.475 e. The Hall–Kier alpha value is -1.30. The van der Waals surface area contributed by atoms with E-state index in [4.69, 9.17) is 15.9 Å². The van der Waals surface area contributed by atoms with Gasteiger partial charge in [0.15, 0.2) is 4.67 Å². The van der Waals surface area contributed by atoms with Crippen LogP contribution in [0.25, 0.3) is 0 Å². The molecule has 0 spiro atoms. The summed E-state index contributed by atoms with van der Waals surface area (Å²) in [5.74, 6) is 0.496. The van der Waals surface area contributed by atoms with Gasteiger partial charge in [-0.3, -0.25) is 0 Å². The summed E-state index contributed by atoms with van der Waals surface area (Å²) in [7, 11) is -3.93. The third-order valence-corrected chi connectivity index (χ3v) is 4.56. The standard InChI is InChI=1S/C11H12BrNO5S/c1-3-5-7(4-2)13-19(16,17)9-6-8(11(14)15)18-10(9)12/h2,6-7,13H,3,5H2,1H3,(H,14,15). The fourth-order valence-corrected chi connectivity index (χ4v) is 3.49. The topological polar surface area (TPSA) is 96.6 Å². The molecule has 2 N–H and O–H groups in total. The number of carbonyl (C=O) groups is 1. The van der Waals surface area contributed by atoms with Crippen LogP contribution in [0.1, 0.15) is 30.3 Å². The number of hydrogen-bond acceptors (Lipinski definition) is 4. The van der Waals surface area contributed by atoms with Gasteiger partial charge in [-0.1, -0.05) is 19.3 Å². The monoisotopic (exact) mass is 349 g/mol. The summed E-state index contributed by atoms with van der Waals surface area (Å²) in [6.07, 6.45) is 6.43. The van der Waals surface area contributed by atoms with Gasteiger partial charge in [-0.2, -0.15) is 4.72 Å². The van der Waals surface area contributed by atoms with Crippen molar-refractivity contribution in [2.24, 2.45) is 0 Å². The lowest BCUT2D eigenvalue weighted by molar-refractivity contribution is 0.0661. The Morgan fingerprint density at radius 1 is 1.68 bits per heavy atom. The van der Waals surface area contributed by atoms with Crippen molar-refractivity contribution < 1.29 is 22.7 Å². The van der Waals surface area contributed by atoms with Crippen molar-refractivity contribution in [2.45, 2.75) is 30.7 Å². The zero-order valence-electron chi connectivity index (χ0n) is 10.0. The molecule has 0 saturated heterocycles. The van der Waals surface area contributed by atoms with Crippen LogP contribution >= 0.6 is 15.9 Å². The molecule has 6 nitrogen and oxygen atoms in total. The van der Waals surface area contributed by atoms with E-state index in [1.807, 2.05) is 6.92 Å². The summed E-state index contributed by atoms with van der Waals surface area (Å²) in [5.41, 5.74) is 0. The van der Waals surface area contributed by atoms with Gasteiger partial charge in [0.25, 0.3) is 0 Å². The molecule has 0 bridgehead atoms. The summed E-state index contributed by atoms with van der Waals surface area (Å²) in [6, 6.07) is 0.277. The maximum absolute atomic E-state index is 12.0. The summed E-state index contributed by atoms with van der Waals surface area (Å²) in [6.45, 7) is 1.87. The van der Waals surface area contributed by atoms with Crippen LogP contribution in [0.3, 0.4) is 0 Å². The summed E-state index contributed by atoms with van der Waals surface area (Å²) < 4.78 is 31.0. The molecule has 0 aliphatic heterocycles. The van der Waals surface area contributed by atoms with Crippen LogP contribution in [0.15, 0.2) is 20.0 Å². The molecule has 0 fully saturated rings. The van der Waals surface area contributed by atoms with Crippen LogP contribution in [0, 0.1) is 12.3 Å². The van der Waals surface area contributed by atoms with E-state index in [1.54, 1.807) is 0 Å². The van der Waals surface area contributed by atoms with Gasteiger partial charge in [-0.15, -0.1) is 6.42 Å². The van der Waals surface area contributed by atoms with Crippen LogP contribution in [-0.2, 0) is 10.0 Å². The van der Waals surface area contributed by atoms with E-state index in [1.165, 1.54) is 0 Å². The number of sulfonamides is 1. The Bertz CT molecular complexity index is 614. The van der Waals surface area contributed by atoms with E-state index >= 15 is 0 Å². The second kappa shape index (κ2) is 6.23. The third-order valence-electron chi connectivity index (χ3n) is 2.23. The van der Waals surface area contributed by atoms with E-state index in [9.17, 15) is 13.2 Å². The van der Waals surface area contributed by atoms with Crippen molar-refractivity contribution in [3.63, 3.8) is 0 Å². The highest BCUT2D eigenvalue weighted by molar-refractivity contribution is 9.10. The smallest absolute Gasteiger partial charge is 0.371 e. The number of furan rings is 1. The van der Waals surface area contributed by atoms with Gasteiger partial charge in [0.1, 0.15) is 4.90 Å². The van der Waals surface area contributed by atoms with Gasteiger partial charge in [-0.25, -0.2) is 13.2 Å². The van der Waals surface area contributed by atoms with E-state index in [-0.39, 0.29) is 9.56 Å². The van der Waals surface area contributed by atoms with E-state index < -0.39 is 27.8 Å². The molecule has 19 heavy (non-hydrogen) atoms. The number of aromatic carboxylic acids is 1. The van der Waals surface area contributed by atoms with Crippen molar-refractivity contribution in [1.82, 2.24) is 4.72 Å². The number of nitrogens with one attached hydrogen (secondary N) is 1. The first-order chi connectivity index (χ1) is 8.81. The number of carboxylic acid groups (broad SMARTS) is 1. The normalized spacial score (nSPS) is 12.9. The minimum Gasteiger partial charge on any atom is -0.475 e. The summed E-state index contributed by atoms with van der Waals surface area (Å²) >= 11 is 2.87. The summed E-state index contributed by atoms with van der Waals surface area (Å²) in [4.78, 5) is 10.4. The van der Waals surface area contributed by atoms with Gasteiger partial charge in [0, 0.05) is 6.07 Å². The van der Waals surface area contributed by atoms with Gasteiger partial charge >= 0.3 is 5.97 Å². The SMILES string of the molecule is C#CC(CCC)NS(=O)(=O)c1cc(C(=O)O)oc1Br. The van der Waals surface area contributed by atoms with E-state index in [0.717, 1.165) is 6.07 Å². The minimum absolute atomic E-state index is 0.176. The van der Waals surface area contributed by atoms with E-state index in [0.29, 0.717) is 12.8 Å². The molecule has 0 aliphatic rings. The fourth-order valence-electron chi connectivity index (χ4n) is 1.36. The predicted molar refractivity (Wildman–Crippen MR) is 71.2 cm³/mol. The van der Waals surface area contributed by atoms with Gasteiger partial charge in [-0.05, 0) is 22.4 Å². The van der Waals surface area contributed by atoms with Crippen molar-refractivity contribution in [3.8, 4) is 12.3 Å². The molecule has 8 heteroatoms. The Morgan fingerprint density at radius 3 is 2.74 bits per heavy atom. The minimum atomic E-state index is -3.93. The average Bonchev–Trinajstić information content (AvgIpc) is 2.71. The first-order valence-electron chi connectivity index (χ1n) is 5.33. The van der Waals surface area contributed by atoms with Crippen molar-refractivity contribution in [2.75, 3.05) is 0 Å². The Labute approximate surface area is 119 Å². The first kappa shape index (κ1) is 15.8. The molecule has 0 saturated carbocycles. The highest BCUT2D eigenvalue weighted by Crippen LogP contribution is 2.26. The molecular weight excluding hydrogens is 338 g/mol. The zero-order chi connectivity index (χ0) is 14.6. The van der Waals surface area contributed by atoms with Crippen molar-refractivity contribution in [3.05, 3.63) is 16.5 Å². The predicted octanol–water partition coefficient (Wildman–Crippen LogP) is 1.82. The van der Waals surface area contributed by atoms with E-state index in [2.05, 4.69) is 26.6 Å². The molecule has 0 radical (unpaired) electrons. The Morgan fingerprint density at radius 2 is 2.32 bits per heavy atom. The lowest BCUT2D eigenvalue weighted by Crippen LogP contribution is -2.33. The molecule has 1 rings (SSSR count). The number of rotatable bonds is 6. The molecule has 0 aromatic carbocycles. The maximum Gasteiger partial charge on any atom is 0.371 e. The van der Waals surface area contributed by atoms with Crippen LogP contribution in [0.2, 0.25) is 0 Å². The third kappa shape index (κ3) is 3.83. The maximum atomic E-state index is 12.0. The quantitative estimate of drug-likeness (QED) is 0.763. The zero-order valence-corrected chi connectivity index (χ0v) is 12.4. The number of hydrogen-bond donors (Lipinski definition) is 2. The molecule has 1 heterocycles. The average molecular weight is 350 g/mol. The molecule has 1 aromatic rings. The molecule has 0 aliphatic carbocycles. The number of terminal acetylenes is 1. The molecule has 1 unspecified atom stereocenters. The van der Waals surface area contributed by atoms with Crippen LogP contribution < -0.4 is 4.72 Å². The second-order valence-electron chi connectivity index (χ2n) is 3.68. The Kier molecular flexibility index (Phi) is 5.17. The highest BCUT2D eigenvalue weighted by Gasteiger charge is 2.26. The molecular formula is C11H12BrNO5S. The number of halogens is 1. The van der Waals surface area contributed by atoms with Gasteiger partial charge in [0.2, 0.25) is 15.8 Å². The first-order valence-corrected chi connectivity index (χ1v) is 7.60. The number of carboxylic acids is 1. The van der Waals surface area contributed by atoms with Gasteiger partial charge in [0.05, 0.1) is 6.04 Å². The lowest BCUT2D eigenvalue weighted by Gasteiger charge is -2.11. The van der Waals surface area contributed by atoms with Crippen LogP contribution in [0.4, 0.5) is 0 Å². The molecule has 1 atom stereocenters. The molecule has 1 aromatic heterocycles. The van der Waals surface area contributed by atoms with Crippen molar-refractivity contribution >= 4 is 31.9 Å². The molecule has 0 amide bonds.